The number of rotatable bonds is 6. The highest BCUT2D eigenvalue weighted by Gasteiger charge is 2.53. The maximum Gasteiger partial charge on any atom is 0.356 e. The molecule has 0 unspecified atom stereocenters. The molecule has 126 valence electrons. The predicted molar refractivity (Wildman–Crippen MR) is 85.9 cm³/mol. The minimum atomic E-state index is -2.46. The molecule has 0 amide bonds. The maximum absolute atomic E-state index is 12.0. The summed E-state index contributed by atoms with van der Waals surface area (Å²) in [6.45, 7) is 3.65. The van der Waals surface area contributed by atoms with E-state index in [-0.39, 0.29) is 11.3 Å². The summed E-state index contributed by atoms with van der Waals surface area (Å²) < 4.78 is 5.54. The van der Waals surface area contributed by atoms with Crippen molar-refractivity contribution in [3.05, 3.63) is 65.2 Å². The van der Waals surface area contributed by atoms with Crippen LogP contribution in [0.5, 0.6) is 5.75 Å². The van der Waals surface area contributed by atoms with Crippen LogP contribution in [-0.4, -0.2) is 33.4 Å². The molecule has 0 bridgehead atoms. The normalized spacial score (nSPS) is 14.5. The molecule has 0 aliphatic rings. The molecule has 6 heteroatoms. The number of benzene rings is 2. The molecule has 0 aromatic heterocycles. The van der Waals surface area contributed by atoms with Crippen LogP contribution >= 0.6 is 0 Å². The SMILES string of the molecule is Cc1ccc(O[C@](C(=O)O)(c2ccc(C)cc2)[C@@H](O)C(=O)O)cc1. The molecule has 0 aliphatic carbocycles. The van der Waals surface area contributed by atoms with Crippen LogP contribution in [0.15, 0.2) is 48.5 Å². The number of ether oxygens (including phenoxy) is 1. The second-order valence-corrected chi connectivity index (χ2v) is 5.56. The van der Waals surface area contributed by atoms with Gasteiger partial charge in [0.2, 0.25) is 6.10 Å². The Labute approximate surface area is 138 Å². The van der Waals surface area contributed by atoms with Gasteiger partial charge in [-0.15, -0.1) is 0 Å². The lowest BCUT2D eigenvalue weighted by Gasteiger charge is -2.33. The Morgan fingerprint density at radius 1 is 0.917 bits per heavy atom. The summed E-state index contributed by atoms with van der Waals surface area (Å²) in [5.41, 5.74) is -0.638. The van der Waals surface area contributed by atoms with E-state index in [0.29, 0.717) is 0 Å². The number of hydrogen-bond acceptors (Lipinski definition) is 4. The van der Waals surface area contributed by atoms with E-state index < -0.39 is 23.6 Å². The van der Waals surface area contributed by atoms with E-state index in [0.717, 1.165) is 11.1 Å². The van der Waals surface area contributed by atoms with E-state index in [1.165, 1.54) is 24.3 Å². The van der Waals surface area contributed by atoms with Crippen molar-refractivity contribution in [1.29, 1.82) is 0 Å². The van der Waals surface area contributed by atoms with Gasteiger partial charge in [-0.2, -0.15) is 0 Å². The second-order valence-electron chi connectivity index (χ2n) is 5.56. The van der Waals surface area contributed by atoms with E-state index >= 15 is 0 Å². The molecule has 2 aromatic carbocycles. The van der Waals surface area contributed by atoms with Crippen LogP contribution in [0.3, 0.4) is 0 Å². The van der Waals surface area contributed by atoms with Gasteiger partial charge in [0, 0.05) is 5.56 Å². The van der Waals surface area contributed by atoms with E-state index in [4.69, 9.17) is 4.74 Å². The average molecular weight is 330 g/mol. The van der Waals surface area contributed by atoms with Crippen molar-refractivity contribution in [2.45, 2.75) is 25.6 Å². The highest BCUT2D eigenvalue weighted by molar-refractivity contribution is 5.89. The number of carboxylic acids is 2. The molecule has 2 rings (SSSR count). The summed E-state index contributed by atoms with van der Waals surface area (Å²) in [7, 11) is 0. The van der Waals surface area contributed by atoms with Gasteiger partial charge in [-0.1, -0.05) is 47.5 Å². The first kappa shape index (κ1) is 17.5. The van der Waals surface area contributed by atoms with E-state index in [1.54, 1.807) is 31.2 Å². The van der Waals surface area contributed by atoms with Crippen LogP contribution in [0.25, 0.3) is 0 Å². The van der Waals surface area contributed by atoms with Gasteiger partial charge in [0.15, 0.2) is 0 Å². The van der Waals surface area contributed by atoms with Gasteiger partial charge in [-0.25, -0.2) is 9.59 Å². The van der Waals surface area contributed by atoms with Crippen LogP contribution in [0.1, 0.15) is 16.7 Å². The zero-order valence-corrected chi connectivity index (χ0v) is 13.3. The number of aryl methyl sites for hydroxylation is 2. The van der Waals surface area contributed by atoms with E-state index in [1.807, 2.05) is 6.92 Å². The highest BCUT2D eigenvalue weighted by Crippen LogP contribution is 2.33. The molecular formula is C18H18O6. The monoisotopic (exact) mass is 330 g/mol. The second kappa shape index (κ2) is 6.72. The first-order valence-electron chi connectivity index (χ1n) is 7.24. The largest absolute Gasteiger partial charge is 0.479 e. The van der Waals surface area contributed by atoms with Crippen molar-refractivity contribution < 1.29 is 29.6 Å². The topological polar surface area (TPSA) is 104 Å². The molecule has 0 aliphatic heterocycles. The molecule has 0 saturated heterocycles. The first-order chi connectivity index (χ1) is 11.3. The van der Waals surface area contributed by atoms with Gasteiger partial charge in [0.05, 0.1) is 0 Å². The fourth-order valence-corrected chi connectivity index (χ4v) is 2.32. The van der Waals surface area contributed by atoms with Gasteiger partial charge >= 0.3 is 11.9 Å². The van der Waals surface area contributed by atoms with Gasteiger partial charge in [0.1, 0.15) is 5.75 Å². The van der Waals surface area contributed by atoms with Gasteiger partial charge in [-0.3, -0.25) is 0 Å². The Kier molecular flexibility index (Phi) is 4.90. The van der Waals surface area contributed by atoms with E-state index in [9.17, 15) is 24.9 Å². The van der Waals surface area contributed by atoms with Crippen molar-refractivity contribution in [3.63, 3.8) is 0 Å². The fourth-order valence-electron chi connectivity index (χ4n) is 2.32. The Balaban J connectivity index is 2.61. The van der Waals surface area contributed by atoms with E-state index in [2.05, 4.69) is 0 Å². The molecule has 6 nitrogen and oxygen atoms in total. The molecule has 2 aromatic rings. The zero-order valence-electron chi connectivity index (χ0n) is 13.3. The van der Waals surface area contributed by atoms with Gasteiger partial charge in [0.25, 0.3) is 5.60 Å². The summed E-state index contributed by atoms with van der Waals surface area (Å²) >= 11 is 0. The number of hydrogen-bond donors (Lipinski definition) is 3. The number of carboxylic acid groups (broad SMARTS) is 2. The number of aliphatic carboxylic acids is 2. The van der Waals surface area contributed by atoms with Crippen LogP contribution in [0.2, 0.25) is 0 Å². The summed E-state index contributed by atoms with van der Waals surface area (Å²) in [4.78, 5) is 23.3. The Bertz CT molecular complexity index is 735. The molecule has 0 spiro atoms. The third-order valence-electron chi connectivity index (χ3n) is 3.72. The van der Waals surface area contributed by atoms with Crippen molar-refractivity contribution >= 4 is 11.9 Å². The summed E-state index contributed by atoms with van der Waals surface area (Å²) in [6, 6.07) is 12.6. The van der Waals surface area contributed by atoms with Crippen molar-refractivity contribution in [2.75, 3.05) is 0 Å². The summed E-state index contributed by atoms with van der Waals surface area (Å²) in [5, 5.41) is 29.1. The first-order valence-corrected chi connectivity index (χ1v) is 7.24. The molecule has 0 saturated carbocycles. The van der Waals surface area contributed by atoms with Crippen LogP contribution in [0.4, 0.5) is 0 Å². The van der Waals surface area contributed by atoms with Crippen LogP contribution in [0, 0.1) is 13.8 Å². The molecular weight excluding hydrogens is 312 g/mol. The maximum atomic E-state index is 12.0. The van der Waals surface area contributed by atoms with Gasteiger partial charge < -0.3 is 20.1 Å². The highest BCUT2D eigenvalue weighted by atomic mass is 16.5. The van der Waals surface area contributed by atoms with Crippen molar-refractivity contribution in [1.82, 2.24) is 0 Å². The average Bonchev–Trinajstić information content (AvgIpc) is 2.54. The van der Waals surface area contributed by atoms with Crippen LogP contribution < -0.4 is 4.74 Å². The molecule has 24 heavy (non-hydrogen) atoms. The van der Waals surface area contributed by atoms with Crippen molar-refractivity contribution in [3.8, 4) is 5.75 Å². The molecule has 3 N–H and O–H groups in total. The Hall–Kier alpha value is -2.86. The number of aliphatic hydroxyl groups excluding tert-OH is 1. The van der Waals surface area contributed by atoms with Crippen LogP contribution in [-0.2, 0) is 15.2 Å². The zero-order chi connectivity index (χ0) is 17.9. The fraction of sp³-hybridized carbons (Fsp3) is 0.222. The molecule has 0 heterocycles. The molecule has 0 fully saturated rings. The number of aliphatic hydroxyl groups is 1. The summed E-state index contributed by atoms with van der Waals surface area (Å²) in [6.07, 6.45) is -2.29. The minimum Gasteiger partial charge on any atom is -0.479 e. The van der Waals surface area contributed by atoms with Gasteiger partial charge in [-0.05, 0) is 26.0 Å². The lowest BCUT2D eigenvalue weighted by atomic mass is 9.87. The lowest BCUT2D eigenvalue weighted by Crippen LogP contribution is -2.54. The Morgan fingerprint density at radius 3 is 1.79 bits per heavy atom. The molecule has 2 atom stereocenters. The third-order valence-corrected chi connectivity index (χ3v) is 3.72. The standard InChI is InChI=1S/C18H18O6/c1-11-3-7-13(8-4-11)18(17(22)23,15(19)16(20)21)24-14-9-5-12(2)6-10-14/h3-10,15,19H,1-2H3,(H,20,21)(H,22,23)/t15-,18+/m0/s1. The third kappa shape index (κ3) is 3.23. The predicted octanol–water partition coefficient (Wildman–Crippen LogP) is 2.11. The quantitative estimate of drug-likeness (QED) is 0.749. The van der Waals surface area contributed by atoms with Crippen molar-refractivity contribution in [2.24, 2.45) is 0 Å². The lowest BCUT2D eigenvalue weighted by molar-refractivity contribution is -0.180. The summed E-state index contributed by atoms with van der Waals surface area (Å²) in [5.74, 6) is -3.14. The minimum absolute atomic E-state index is 0.0380. The smallest absolute Gasteiger partial charge is 0.356 e. The Morgan fingerprint density at radius 2 is 1.38 bits per heavy atom. The molecule has 0 radical (unpaired) electrons. The number of carbonyl (C=O) groups is 2.